The number of ether oxygens (including phenoxy) is 1. The quantitative estimate of drug-likeness (QED) is 0.522. The van der Waals surface area contributed by atoms with Crippen LogP contribution in [0.25, 0.3) is 0 Å². The maximum absolute atomic E-state index is 12.0. The predicted molar refractivity (Wildman–Crippen MR) is 79.4 cm³/mol. The zero-order chi connectivity index (χ0) is 13.9. The molecule has 0 aromatic heterocycles. The van der Waals surface area contributed by atoms with Gasteiger partial charge >= 0.3 is 12.9 Å². The van der Waals surface area contributed by atoms with Gasteiger partial charge in [0.2, 0.25) is 0 Å². The highest BCUT2D eigenvalue weighted by Crippen LogP contribution is 2.27. The van der Waals surface area contributed by atoms with Crippen molar-refractivity contribution in [3.8, 4) is 5.75 Å². The summed E-state index contributed by atoms with van der Waals surface area (Å²) >= 11 is 0. The van der Waals surface area contributed by atoms with Gasteiger partial charge in [0, 0.05) is 6.42 Å². The molecule has 0 spiro atoms. The highest BCUT2D eigenvalue weighted by molar-refractivity contribution is 6.68. The summed E-state index contributed by atoms with van der Waals surface area (Å²) in [5.41, 5.74) is 2.09. The van der Waals surface area contributed by atoms with Gasteiger partial charge in [-0.3, -0.25) is 4.79 Å². The monoisotopic (exact) mass is 272 g/mol. The van der Waals surface area contributed by atoms with Gasteiger partial charge in [-0.15, -0.1) is 0 Å². The molecule has 1 N–H and O–H groups in total. The molecule has 1 fully saturated rings. The van der Waals surface area contributed by atoms with Crippen LogP contribution in [0.5, 0.6) is 5.75 Å². The number of aryl methyl sites for hydroxylation is 1. The van der Waals surface area contributed by atoms with E-state index in [0.717, 1.165) is 31.0 Å². The predicted octanol–water partition coefficient (Wildman–Crippen LogP) is 2.31. The maximum atomic E-state index is 12.0. The maximum Gasteiger partial charge on any atom is 0.324 e. The minimum Gasteiger partial charge on any atom is -0.446 e. The number of carbonyl (C=O) groups is 1. The molecule has 1 aliphatic carbocycles. The van der Waals surface area contributed by atoms with Crippen molar-refractivity contribution in [2.45, 2.75) is 51.3 Å². The molecular formula is C16H21BO3. The first-order valence-electron chi connectivity index (χ1n) is 7.74. The zero-order valence-corrected chi connectivity index (χ0v) is 11.8. The Bertz CT molecular complexity index is 494. The molecule has 106 valence electrons. The third-order valence-corrected chi connectivity index (χ3v) is 4.58. The Labute approximate surface area is 120 Å². The second-order valence-electron chi connectivity index (χ2n) is 6.10. The van der Waals surface area contributed by atoms with Crippen LogP contribution in [0.1, 0.15) is 44.1 Å². The van der Waals surface area contributed by atoms with Crippen molar-refractivity contribution in [2.24, 2.45) is 5.92 Å². The van der Waals surface area contributed by atoms with Crippen molar-refractivity contribution in [1.82, 2.24) is 0 Å². The third kappa shape index (κ3) is 3.06. The van der Waals surface area contributed by atoms with Crippen LogP contribution < -0.4 is 10.2 Å². The highest BCUT2D eigenvalue weighted by Gasteiger charge is 2.25. The van der Waals surface area contributed by atoms with E-state index in [-0.39, 0.29) is 5.97 Å². The fourth-order valence-corrected chi connectivity index (χ4v) is 3.42. The van der Waals surface area contributed by atoms with Crippen molar-refractivity contribution in [3.05, 3.63) is 23.8 Å². The summed E-state index contributed by atoms with van der Waals surface area (Å²) in [6.45, 7) is -0.401. The normalized spacial score (nSPS) is 18.9. The lowest BCUT2D eigenvalue weighted by atomic mass is 9.63. The molecule has 0 bridgehead atoms. The van der Waals surface area contributed by atoms with Crippen molar-refractivity contribution in [3.63, 3.8) is 0 Å². The van der Waals surface area contributed by atoms with Crippen LogP contribution in [0.15, 0.2) is 18.2 Å². The van der Waals surface area contributed by atoms with Gasteiger partial charge in [-0.25, -0.2) is 0 Å². The van der Waals surface area contributed by atoms with Crippen molar-refractivity contribution >= 4 is 18.3 Å². The zero-order valence-electron chi connectivity index (χ0n) is 11.8. The number of fused-ring (bicyclic) bond motifs is 1. The summed E-state index contributed by atoms with van der Waals surface area (Å²) in [7, 11) is 0. The average molecular weight is 272 g/mol. The lowest BCUT2D eigenvalue weighted by molar-refractivity contribution is -0.135. The van der Waals surface area contributed by atoms with Crippen LogP contribution in [0.4, 0.5) is 0 Å². The molecule has 3 rings (SSSR count). The number of hydrogen-bond donors (Lipinski definition) is 1. The van der Waals surface area contributed by atoms with Crippen LogP contribution in [0, 0.1) is 5.92 Å². The van der Waals surface area contributed by atoms with E-state index in [1.54, 1.807) is 0 Å². The van der Waals surface area contributed by atoms with Gasteiger partial charge in [0.15, 0.2) is 0 Å². The summed E-state index contributed by atoms with van der Waals surface area (Å²) < 4.78 is 5.44. The van der Waals surface area contributed by atoms with E-state index in [0.29, 0.717) is 18.1 Å². The van der Waals surface area contributed by atoms with Crippen LogP contribution in [-0.2, 0) is 11.2 Å². The molecule has 0 unspecified atom stereocenters. The van der Waals surface area contributed by atoms with Crippen molar-refractivity contribution < 1.29 is 14.6 Å². The first-order chi connectivity index (χ1) is 9.72. The molecule has 1 saturated carbocycles. The molecule has 4 heteroatoms. The first kappa shape index (κ1) is 13.7. The Balaban J connectivity index is 1.60. The number of benzene rings is 1. The van der Waals surface area contributed by atoms with E-state index in [1.165, 1.54) is 24.8 Å². The van der Waals surface area contributed by atoms with E-state index in [2.05, 4.69) is 0 Å². The fraction of sp³-hybridized carbons (Fsp3) is 0.562. The Hall–Kier alpha value is -1.29. The second-order valence-corrected chi connectivity index (χ2v) is 6.10. The lowest BCUT2D eigenvalue weighted by Crippen LogP contribution is -2.26. The molecule has 0 radical (unpaired) electrons. The molecule has 0 atom stereocenters. The van der Waals surface area contributed by atoms with Gasteiger partial charge in [-0.05, 0) is 49.1 Å². The Morgan fingerprint density at radius 2 is 2.10 bits per heavy atom. The lowest BCUT2D eigenvalue weighted by Gasteiger charge is -2.20. The fourth-order valence-electron chi connectivity index (χ4n) is 3.42. The third-order valence-electron chi connectivity index (χ3n) is 4.58. The molecule has 20 heavy (non-hydrogen) atoms. The van der Waals surface area contributed by atoms with Gasteiger partial charge < -0.3 is 9.76 Å². The minimum absolute atomic E-state index is 0.135. The van der Waals surface area contributed by atoms with E-state index in [9.17, 15) is 9.82 Å². The molecule has 1 heterocycles. The van der Waals surface area contributed by atoms with Crippen LogP contribution in [0.2, 0.25) is 6.32 Å². The van der Waals surface area contributed by atoms with Gasteiger partial charge in [0.05, 0.1) is 0 Å². The molecule has 1 aromatic carbocycles. The van der Waals surface area contributed by atoms with Gasteiger partial charge in [0.25, 0.3) is 0 Å². The summed E-state index contributed by atoms with van der Waals surface area (Å²) in [5, 5.41) is 9.86. The van der Waals surface area contributed by atoms with Gasteiger partial charge in [-0.1, -0.05) is 30.9 Å². The Morgan fingerprint density at radius 3 is 2.90 bits per heavy atom. The molecule has 1 aromatic rings. The van der Waals surface area contributed by atoms with Crippen molar-refractivity contribution in [1.29, 1.82) is 0 Å². The topological polar surface area (TPSA) is 46.5 Å². The standard InChI is InChI=1S/C16H21BO3/c18-16(10-12-4-2-1-3-5-12)20-14-7-6-13-8-9-17(19)15(13)11-14/h6-7,11-12,19H,1-5,8-10H2. The first-order valence-corrected chi connectivity index (χ1v) is 7.74. The summed E-state index contributed by atoms with van der Waals surface area (Å²) in [4.78, 5) is 12.0. The Morgan fingerprint density at radius 1 is 1.30 bits per heavy atom. The van der Waals surface area contributed by atoms with Gasteiger partial charge in [-0.2, -0.15) is 0 Å². The van der Waals surface area contributed by atoms with E-state index >= 15 is 0 Å². The molecular weight excluding hydrogens is 251 g/mol. The molecule has 1 aliphatic heterocycles. The molecule has 0 saturated heterocycles. The number of rotatable bonds is 3. The van der Waals surface area contributed by atoms with Crippen LogP contribution >= 0.6 is 0 Å². The average Bonchev–Trinajstić information content (AvgIpc) is 2.81. The van der Waals surface area contributed by atoms with Crippen LogP contribution in [-0.4, -0.2) is 17.9 Å². The summed E-state index contributed by atoms with van der Waals surface area (Å²) in [6.07, 6.45) is 8.29. The summed E-state index contributed by atoms with van der Waals surface area (Å²) in [6, 6.07) is 5.64. The Kier molecular flexibility index (Phi) is 4.11. The van der Waals surface area contributed by atoms with E-state index < -0.39 is 6.92 Å². The number of esters is 1. The second kappa shape index (κ2) is 6.00. The largest absolute Gasteiger partial charge is 0.446 e. The van der Waals surface area contributed by atoms with Crippen LogP contribution in [0.3, 0.4) is 0 Å². The van der Waals surface area contributed by atoms with E-state index in [1.807, 2.05) is 18.2 Å². The minimum atomic E-state index is -0.401. The SMILES string of the molecule is O=C(CC1CCCCC1)Oc1ccc2c(c1)B(O)CC2. The smallest absolute Gasteiger partial charge is 0.324 e. The van der Waals surface area contributed by atoms with Gasteiger partial charge in [0.1, 0.15) is 5.75 Å². The summed E-state index contributed by atoms with van der Waals surface area (Å²) in [5.74, 6) is 0.936. The molecule has 2 aliphatic rings. The number of hydrogen-bond acceptors (Lipinski definition) is 3. The highest BCUT2D eigenvalue weighted by atomic mass is 16.5. The van der Waals surface area contributed by atoms with Crippen molar-refractivity contribution in [2.75, 3.05) is 0 Å². The molecule has 0 amide bonds. The van der Waals surface area contributed by atoms with E-state index in [4.69, 9.17) is 4.74 Å². The number of carbonyl (C=O) groups excluding carboxylic acids is 1. The molecule has 3 nitrogen and oxygen atoms in total.